The number of carbonyl (C=O) groups is 1. The van der Waals surface area contributed by atoms with Crippen LogP contribution in [0.2, 0.25) is 0 Å². The molecule has 0 amide bonds. The lowest BCUT2D eigenvalue weighted by molar-refractivity contribution is 0.0578. The summed E-state index contributed by atoms with van der Waals surface area (Å²) in [5.41, 5.74) is 0. The largest absolute Gasteiger partial charge is 0.508 e. The number of allylic oxidation sites excluding steroid dienone is 1. The molecule has 0 aliphatic carbocycles. The Kier molecular flexibility index (Phi) is 4.37. The van der Waals surface area contributed by atoms with E-state index in [0.29, 0.717) is 0 Å². The van der Waals surface area contributed by atoms with Gasteiger partial charge in [-0.15, -0.1) is 0 Å². The highest BCUT2D eigenvalue weighted by atomic mass is 16.7. The predicted octanol–water partition coefficient (Wildman–Crippen LogP) is 1.73. The molecule has 1 unspecified atom stereocenters. The number of ether oxygens (including phenoxy) is 2. The Morgan fingerprint density at radius 3 is 2.60 bits per heavy atom. The molecule has 0 radical (unpaired) electrons. The molecule has 0 aliphatic heterocycles. The van der Waals surface area contributed by atoms with E-state index in [1.807, 2.05) is 13.0 Å². The van der Waals surface area contributed by atoms with E-state index in [2.05, 4.69) is 4.74 Å². The first-order valence-corrected chi connectivity index (χ1v) is 3.08. The smallest absolute Gasteiger partial charge is 0.438 e. The van der Waals surface area contributed by atoms with Crippen molar-refractivity contribution >= 4 is 6.16 Å². The maximum Gasteiger partial charge on any atom is 0.508 e. The molecule has 0 aromatic rings. The maximum atomic E-state index is 10.4. The first-order chi connectivity index (χ1) is 4.70. The Labute approximate surface area is 60.6 Å². The van der Waals surface area contributed by atoms with Crippen LogP contribution >= 0.6 is 0 Å². The minimum absolute atomic E-state index is 0.211. The van der Waals surface area contributed by atoms with E-state index < -0.39 is 6.16 Å². The Bertz CT molecular complexity index is 129. The molecule has 0 aromatic heterocycles. The molecule has 0 heterocycles. The second-order valence-electron chi connectivity index (χ2n) is 1.80. The molecule has 0 fully saturated rings. The zero-order valence-electron chi connectivity index (χ0n) is 6.46. The molecule has 0 saturated carbocycles. The zero-order chi connectivity index (χ0) is 7.98. The highest BCUT2D eigenvalue weighted by molar-refractivity contribution is 5.59. The first kappa shape index (κ1) is 9.01. The van der Waals surface area contributed by atoms with Gasteiger partial charge in [0, 0.05) is 0 Å². The van der Waals surface area contributed by atoms with E-state index >= 15 is 0 Å². The minimum Gasteiger partial charge on any atom is -0.438 e. The molecular formula is C7H12O3. The lowest BCUT2D eigenvalue weighted by atomic mass is 10.4. The SMILES string of the molecule is C/C=C/C(C)OC(=O)OC. The van der Waals surface area contributed by atoms with E-state index in [0.717, 1.165) is 0 Å². The number of hydrogen-bond donors (Lipinski definition) is 0. The van der Waals surface area contributed by atoms with Crippen LogP contribution in [0.15, 0.2) is 12.2 Å². The van der Waals surface area contributed by atoms with Gasteiger partial charge in [-0.05, 0) is 19.9 Å². The molecular weight excluding hydrogens is 132 g/mol. The van der Waals surface area contributed by atoms with Crippen molar-refractivity contribution in [3.63, 3.8) is 0 Å². The minimum atomic E-state index is -0.648. The average Bonchev–Trinajstić information content (AvgIpc) is 1.88. The maximum absolute atomic E-state index is 10.4. The van der Waals surface area contributed by atoms with Crippen molar-refractivity contribution in [1.29, 1.82) is 0 Å². The van der Waals surface area contributed by atoms with Crippen LogP contribution in [0.5, 0.6) is 0 Å². The summed E-state index contributed by atoms with van der Waals surface area (Å²) >= 11 is 0. The fourth-order valence-electron chi connectivity index (χ4n) is 0.510. The number of rotatable bonds is 2. The molecule has 0 bridgehead atoms. The topological polar surface area (TPSA) is 35.5 Å². The van der Waals surface area contributed by atoms with Gasteiger partial charge < -0.3 is 9.47 Å². The van der Waals surface area contributed by atoms with E-state index in [1.54, 1.807) is 13.0 Å². The van der Waals surface area contributed by atoms with Gasteiger partial charge in [-0.3, -0.25) is 0 Å². The van der Waals surface area contributed by atoms with E-state index in [9.17, 15) is 4.79 Å². The van der Waals surface area contributed by atoms with Crippen LogP contribution in [0.4, 0.5) is 4.79 Å². The van der Waals surface area contributed by atoms with Crippen LogP contribution in [0.3, 0.4) is 0 Å². The van der Waals surface area contributed by atoms with Crippen LogP contribution in [0.25, 0.3) is 0 Å². The van der Waals surface area contributed by atoms with Crippen LogP contribution in [0, 0.1) is 0 Å². The van der Waals surface area contributed by atoms with Crippen LogP contribution in [0.1, 0.15) is 13.8 Å². The molecule has 0 aliphatic rings. The molecule has 3 heteroatoms. The van der Waals surface area contributed by atoms with Crippen molar-refractivity contribution in [1.82, 2.24) is 0 Å². The van der Waals surface area contributed by atoms with E-state index in [4.69, 9.17) is 4.74 Å². The van der Waals surface area contributed by atoms with Crippen LogP contribution < -0.4 is 0 Å². The van der Waals surface area contributed by atoms with E-state index in [-0.39, 0.29) is 6.10 Å². The standard InChI is InChI=1S/C7H12O3/c1-4-5-6(2)10-7(8)9-3/h4-6H,1-3H3/b5-4+. The number of carbonyl (C=O) groups excluding carboxylic acids is 1. The normalized spacial score (nSPS) is 13.1. The van der Waals surface area contributed by atoms with Crippen molar-refractivity contribution in [2.75, 3.05) is 7.11 Å². The Morgan fingerprint density at radius 2 is 2.20 bits per heavy atom. The van der Waals surface area contributed by atoms with Gasteiger partial charge >= 0.3 is 6.16 Å². The van der Waals surface area contributed by atoms with Gasteiger partial charge in [0.2, 0.25) is 0 Å². The summed E-state index contributed by atoms with van der Waals surface area (Å²) < 4.78 is 8.96. The molecule has 0 spiro atoms. The highest BCUT2D eigenvalue weighted by Crippen LogP contribution is 1.94. The molecule has 0 saturated heterocycles. The monoisotopic (exact) mass is 144 g/mol. The summed E-state index contributed by atoms with van der Waals surface area (Å²) in [5.74, 6) is 0. The van der Waals surface area contributed by atoms with Crippen molar-refractivity contribution in [2.24, 2.45) is 0 Å². The highest BCUT2D eigenvalue weighted by Gasteiger charge is 2.03. The third-order valence-electron chi connectivity index (χ3n) is 0.912. The van der Waals surface area contributed by atoms with Crippen LogP contribution in [-0.2, 0) is 9.47 Å². The summed E-state index contributed by atoms with van der Waals surface area (Å²) in [4.78, 5) is 10.4. The Balaban J connectivity index is 3.57. The van der Waals surface area contributed by atoms with Crippen LogP contribution in [-0.4, -0.2) is 19.4 Å². The van der Waals surface area contributed by atoms with Gasteiger partial charge in [-0.1, -0.05) is 6.08 Å². The summed E-state index contributed by atoms with van der Waals surface area (Å²) in [6.45, 7) is 3.62. The van der Waals surface area contributed by atoms with Crippen molar-refractivity contribution in [3.05, 3.63) is 12.2 Å². The average molecular weight is 144 g/mol. The molecule has 0 N–H and O–H groups in total. The van der Waals surface area contributed by atoms with Gasteiger partial charge in [0.1, 0.15) is 6.10 Å². The summed E-state index contributed by atoms with van der Waals surface area (Å²) in [5, 5.41) is 0. The summed E-state index contributed by atoms with van der Waals surface area (Å²) in [6, 6.07) is 0. The van der Waals surface area contributed by atoms with Crippen molar-refractivity contribution in [2.45, 2.75) is 20.0 Å². The van der Waals surface area contributed by atoms with Crippen molar-refractivity contribution in [3.8, 4) is 0 Å². The number of methoxy groups -OCH3 is 1. The molecule has 0 rings (SSSR count). The summed E-state index contributed by atoms with van der Waals surface area (Å²) in [7, 11) is 1.28. The second-order valence-corrected chi connectivity index (χ2v) is 1.80. The summed E-state index contributed by atoms with van der Waals surface area (Å²) in [6.07, 6.45) is 2.72. The zero-order valence-corrected chi connectivity index (χ0v) is 6.46. The molecule has 3 nitrogen and oxygen atoms in total. The van der Waals surface area contributed by atoms with Crippen molar-refractivity contribution < 1.29 is 14.3 Å². The first-order valence-electron chi connectivity index (χ1n) is 3.08. The van der Waals surface area contributed by atoms with E-state index in [1.165, 1.54) is 7.11 Å². The molecule has 10 heavy (non-hydrogen) atoms. The fraction of sp³-hybridized carbons (Fsp3) is 0.571. The van der Waals surface area contributed by atoms with Gasteiger partial charge in [0.25, 0.3) is 0 Å². The molecule has 58 valence electrons. The molecule has 1 atom stereocenters. The fourth-order valence-corrected chi connectivity index (χ4v) is 0.510. The lowest BCUT2D eigenvalue weighted by Crippen LogP contribution is -2.11. The molecule has 0 aromatic carbocycles. The van der Waals surface area contributed by atoms with Gasteiger partial charge in [-0.2, -0.15) is 0 Å². The van der Waals surface area contributed by atoms with Gasteiger partial charge in [0.05, 0.1) is 7.11 Å². The predicted molar refractivity (Wildman–Crippen MR) is 37.8 cm³/mol. The third-order valence-corrected chi connectivity index (χ3v) is 0.912. The Morgan fingerprint density at radius 1 is 1.60 bits per heavy atom. The lowest BCUT2D eigenvalue weighted by Gasteiger charge is -2.05. The second kappa shape index (κ2) is 4.85. The van der Waals surface area contributed by atoms with Gasteiger partial charge in [0.15, 0.2) is 0 Å². The quantitative estimate of drug-likeness (QED) is 0.437. The van der Waals surface area contributed by atoms with Gasteiger partial charge in [-0.25, -0.2) is 4.79 Å². The number of hydrogen-bond acceptors (Lipinski definition) is 3. The Hall–Kier alpha value is -0.990. The third kappa shape index (κ3) is 3.95.